The van der Waals surface area contributed by atoms with E-state index in [1.165, 1.54) is 6.20 Å². The van der Waals surface area contributed by atoms with Gasteiger partial charge in [0, 0.05) is 32.2 Å². The highest BCUT2D eigenvalue weighted by atomic mass is 19.1. The zero-order valence-electron chi connectivity index (χ0n) is 17.9. The molecule has 8 nitrogen and oxygen atoms in total. The molecule has 2 aromatic rings. The molecule has 2 heterocycles. The summed E-state index contributed by atoms with van der Waals surface area (Å²) in [5.74, 6) is 0.640. The van der Waals surface area contributed by atoms with Crippen molar-refractivity contribution in [3.05, 3.63) is 34.7 Å². The van der Waals surface area contributed by atoms with Gasteiger partial charge in [0.25, 0.3) is 5.56 Å². The number of nitrogens with zero attached hydrogens (tertiary/aromatic N) is 3. The number of hydrogen-bond acceptors (Lipinski definition) is 6. The maximum Gasteiger partial charge on any atom is 0.407 e. The highest BCUT2D eigenvalue weighted by molar-refractivity contribution is 5.76. The summed E-state index contributed by atoms with van der Waals surface area (Å²) in [5.41, 5.74) is 0.535. The summed E-state index contributed by atoms with van der Waals surface area (Å²) in [6.07, 6.45) is -0.0473. The molecule has 1 N–H and O–H groups in total. The first-order valence-corrected chi connectivity index (χ1v) is 10.1. The molecule has 30 heavy (non-hydrogen) atoms. The number of fused-ring (bicyclic) bond motifs is 1. The van der Waals surface area contributed by atoms with Crippen molar-refractivity contribution >= 4 is 17.1 Å². The van der Waals surface area contributed by atoms with E-state index in [4.69, 9.17) is 9.47 Å². The summed E-state index contributed by atoms with van der Waals surface area (Å²) in [6, 6.07) is 4.79. The first-order chi connectivity index (χ1) is 14.2. The molecule has 1 fully saturated rings. The minimum absolute atomic E-state index is 0.182. The van der Waals surface area contributed by atoms with Gasteiger partial charge in [-0.15, -0.1) is 0 Å². The molecular weight excluding hydrogens is 391 g/mol. The lowest BCUT2D eigenvalue weighted by Crippen LogP contribution is -2.53. The van der Waals surface area contributed by atoms with Gasteiger partial charge in [-0.3, -0.25) is 9.69 Å². The van der Waals surface area contributed by atoms with Gasteiger partial charge in [0.05, 0.1) is 30.4 Å². The third kappa shape index (κ3) is 5.47. The Bertz CT molecular complexity index is 956. The molecule has 1 aromatic heterocycles. The number of aromatic nitrogens is 2. The predicted molar refractivity (Wildman–Crippen MR) is 112 cm³/mol. The number of benzene rings is 1. The van der Waals surface area contributed by atoms with Crippen LogP contribution in [0.2, 0.25) is 0 Å². The topological polar surface area (TPSA) is 85.7 Å². The highest BCUT2D eigenvalue weighted by Crippen LogP contribution is 2.19. The van der Waals surface area contributed by atoms with Crippen LogP contribution in [0.1, 0.15) is 27.2 Å². The molecule has 0 bridgehead atoms. The molecule has 1 aliphatic heterocycles. The molecule has 164 valence electrons. The fourth-order valence-corrected chi connectivity index (χ4v) is 3.53. The standard InChI is InChI=1S/C21H29FN4O4/c1-21(2,3)30-20(28)24-16-7-8-25(13-15(16)22)9-10-26-18-11-14(29-4)5-6-17(18)23-12-19(26)27/h5-6,11-12,15-16H,7-10,13H2,1-4H3,(H,24,28)/t15-,16-/m1/s1. The number of alkyl halides is 1. The zero-order chi connectivity index (χ0) is 21.9. The predicted octanol–water partition coefficient (Wildman–Crippen LogP) is 2.34. The quantitative estimate of drug-likeness (QED) is 0.799. The Kier molecular flexibility index (Phi) is 6.60. The molecule has 1 amide bonds. The van der Waals surface area contributed by atoms with Crippen molar-refractivity contribution in [2.24, 2.45) is 0 Å². The Morgan fingerprint density at radius 2 is 2.10 bits per heavy atom. The third-order valence-corrected chi connectivity index (χ3v) is 5.02. The lowest BCUT2D eigenvalue weighted by atomic mass is 10.0. The second-order valence-electron chi connectivity index (χ2n) is 8.46. The van der Waals surface area contributed by atoms with Crippen molar-refractivity contribution in [2.75, 3.05) is 26.7 Å². The smallest absolute Gasteiger partial charge is 0.407 e. The van der Waals surface area contributed by atoms with Crippen molar-refractivity contribution in [3.63, 3.8) is 0 Å². The van der Waals surface area contributed by atoms with Crippen LogP contribution in [0.4, 0.5) is 9.18 Å². The van der Waals surface area contributed by atoms with Gasteiger partial charge in [-0.05, 0) is 39.3 Å². The second-order valence-corrected chi connectivity index (χ2v) is 8.46. The molecule has 0 unspecified atom stereocenters. The number of carbonyl (C=O) groups excluding carboxylic acids is 1. The van der Waals surface area contributed by atoms with E-state index < -0.39 is 23.9 Å². The number of amides is 1. The van der Waals surface area contributed by atoms with Gasteiger partial charge >= 0.3 is 6.09 Å². The highest BCUT2D eigenvalue weighted by Gasteiger charge is 2.31. The van der Waals surface area contributed by atoms with Crippen LogP contribution in [0.25, 0.3) is 11.0 Å². The first-order valence-electron chi connectivity index (χ1n) is 10.1. The summed E-state index contributed by atoms with van der Waals surface area (Å²) >= 11 is 0. The Morgan fingerprint density at radius 3 is 2.77 bits per heavy atom. The minimum Gasteiger partial charge on any atom is -0.497 e. The van der Waals surface area contributed by atoms with Crippen LogP contribution in [0.3, 0.4) is 0 Å². The van der Waals surface area contributed by atoms with E-state index in [1.54, 1.807) is 50.6 Å². The summed E-state index contributed by atoms with van der Waals surface area (Å²) in [5, 5.41) is 2.63. The molecule has 0 radical (unpaired) electrons. The number of likely N-dealkylation sites (tertiary alicyclic amines) is 1. The number of alkyl carbamates (subject to hydrolysis) is 1. The van der Waals surface area contributed by atoms with E-state index in [2.05, 4.69) is 10.3 Å². The summed E-state index contributed by atoms with van der Waals surface area (Å²) in [4.78, 5) is 30.4. The van der Waals surface area contributed by atoms with Crippen LogP contribution in [0.15, 0.2) is 29.2 Å². The number of hydrogen-bond donors (Lipinski definition) is 1. The van der Waals surface area contributed by atoms with Gasteiger partial charge in [-0.2, -0.15) is 0 Å². The van der Waals surface area contributed by atoms with Crippen molar-refractivity contribution in [1.29, 1.82) is 0 Å². The van der Waals surface area contributed by atoms with Crippen LogP contribution in [-0.2, 0) is 11.3 Å². The lowest BCUT2D eigenvalue weighted by molar-refractivity contribution is 0.0395. The van der Waals surface area contributed by atoms with Crippen LogP contribution in [-0.4, -0.2) is 65.1 Å². The molecule has 1 saturated heterocycles. The van der Waals surface area contributed by atoms with Crippen LogP contribution >= 0.6 is 0 Å². The third-order valence-electron chi connectivity index (χ3n) is 5.02. The molecule has 0 aliphatic carbocycles. The zero-order valence-corrected chi connectivity index (χ0v) is 17.9. The van der Waals surface area contributed by atoms with Crippen molar-refractivity contribution in [1.82, 2.24) is 19.8 Å². The molecule has 0 spiro atoms. The van der Waals surface area contributed by atoms with E-state index in [1.807, 2.05) is 4.90 Å². The van der Waals surface area contributed by atoms with E-state index >= 15 is 0 Å². The first kappa shape index (κ1) is 22.0. The molecule has 0 saturated carbocycles. The average Bonchev–Trinajstić information content (AvgIpc) is 2.67. The van der Waals surface area contributed by atoms with E-state index in [0.717, 1.165) is 0 Å². The van der Waals surface area contributed by atoms with Gasteiger partial charge in [-0.25, -0.2) is 14.2 Å². The van der Waals surface area contributed by atoms with Gasteiger partial charge in [0.15, 0.2) is 0 Å². The summed E-state index contributed by atoms with van der Waals surface area (Å²) in [6.45, 7) is 7.01. The van der Waals surface area contributed by atoms with Gasteiger partial charge in [-0.1, -0.05) is 0 Å². The number of methoxy groups -OCH3 is 1. The molecule has 3 rings (SSSR count). The molecule has 1 aliphatic rings. The maximum absolute atomic E-state index is 14.6. The number of halogens is 1. The van der Waals surface area contributed by atoms with E-state index in [9.17, 15) is 14.0 Å². The van der Waals surface area contributed by atoms with Gasteiger partial charge < -0.3 is 19.4 Å². The number of rotatable bonds is 5. The Labute approximate surface area is 175 Å². The second kappa shape index (κ2) is 8.99. The molecule has 2 atom stereocenters. The number of piperidine rings is 1. The maximum atomic E-state index is 14.6. The van der Waals surface area contributed by atoms with Crippen LogP contribution in [0.5, 0.6) is 5.75 Å². The largest absolute Gasteiger partial charge is 0.497 e. The monoisotopic (exact) mass is 420 g/mol. The van der Waals surface area contributed by atoms with Crippen LogP contribution < -0.4 is 15.6 Å². The molecular formula is C21H29FN4O4. The van der Waals surface area contributed by atoms with E-state index in [0.29, 0.717) is 42.8 Å². The number of ether oxygens (including phenoxy) is 2. The normalized spacial score (nSPS) is 20.2. The van der Waals surface area contributed by atoms with Gasteiger partial charge in [0.2, 0.25) is 0 Å². The number of nitrogens with one attached hydrogen (secondary N) is 1. The molecule has 1 aromatic carbocycles. The Hall–Kier alpha value is -2.68. The Morgan fingerprint density at radius 1 is 1.33 bits per heavy atom. The fraction of sp³-hybridized carbons (Fsp3) is 0.571. The molecule has 9 heteroatoms. The van der Waals surface area contributed by atoms with Crippen molar-refractivity contribution in [2.45, 2.75) is 51.6 Å². The summed E-state index contributed by atoms with van der Waals surface area (Å²) < 4.78 is 26.7. The lowest BCUT2D eigenvalue weighted by Gasteiger charge is -2.35. The van der Waals surface area contributed by atoms with Gasteiger partial charge in [0.1, 0.15) is 17.5 Å². The van der Waals surface area contributed by atoms with Crippen molar-refractivity contribution < 1.29 is 18.7 Å². The minimum atomic E-state index is -1.21. The Balaban J connectivity index is 1.61. The fourth-order valence-electron chi connectivity index (χ4n) is 3.53. The van der Waals surface area contributed by atoms with Crippen molar-refractivity contribution in [3.8, 4) is 5.75 Å². The van der Waals surface area contributed by atoms with Crippen LogP contribution in [0, 0.1) is 0 Å². The number of carbonyl (C=O) groups is 1. The summed E-state index contributed by atoms with van der Waals surface area (Å²) in [7, 11) is 1.57. The SMILES string of the molecule is COc1ccc2ncc(=O)n(CCN3CC[C@@H](NC(=O)OC(C)(C)C)[C@H](F)C3)c2c1. The average molecular weight is 420 g/mol. The van der Waals surface area contributed by atoms with E-state index in [-0.39, 0.29) is 12.1 Å².